The summed E-state index contributed by atoms with van der Waals surface area (Å²) in [5.41, 5.74) is 6.09. The predicted molar refractivity (Wildman–Crippen MR) is 57.5 cm³/mol. The molecule has 0 bridgehead atoms. The first-order valence-electron chi connectivity index (χ1n) is 5.78. The van der Waals surface area contributed by atoms with Crippen molar-refractivity contribution in [3.63, 3.8) is 0 Å². The largest absolute Gasteiger partial charge is 0.480 e. The van der Waals surface area contributed by atoms with Crippen LogP contribution in [-0.4, -0.2) is 42.2 Å². The average Bonchev–Trinajstić information content (AvgIpc) is 2.74. The van der Waals surface area contributed by atoms with E-state index in [0.29, 0.717) is 11.3 Å². The summed E-state index contributed by atoms with van der Waals surface area (Å²) in [6.45, 7) is 2.91. The minimum atomic E-state index is -0.708. The molecule has 0 aromatic rings. The quantitative estimate of drug-likeness (QED) is 0.716. The number of carboxylic acids is 1. The highest BCUT2D eigenvalue weighted by molar-refractivity contribution is 5.69. The molecule has 1 spiro atoms. The Bertz CT molecular complexity index is 257. The first-order valence-corrected chi connectivity index (χ1v) is 5.78. The lowest BCUT2D eigenvalue weighted by Crippen LogP contribution is -2.30. The van der Waals surface area contributed by atoms with Gasteiger partial charge in [-0.15, -0.1) is 0 Å². The lowest BCUT2D eigenvalue weighted by atomic mass is 9.84. The molecule has 1 saturated carbocycles. The zero-order valence-electron chi connectivity index (χ0n) is 9.11. The maximum atomic E-state index is 10.6. The maximum Gasteiger partial charge on any atom is 0.317 e. The predicted octanol–water partition coefficient (Wildman–Crippen LogP) is 0.522. The second-order valence-electron chi connectivity index (χ2n) is 5.20. The van der Waals surface area contributed by atoms with Crippen molar-refractivity contribution < 1.29 is 9.90 Å². The van der Waals surface area contributed by atoms with E-state index in [1.165, 1.54) is 19.3 Å². The van der Waals surface area contributed by atoms with Gasteiger partial charge >= 0.3 is 5.97 Å². The molecule has 2 atom stereocenters. The molecule has 2 rings (SSSR count). The fraction of sp³-hybridized carbons (Fsp3) is 0.909. The molecule has 4 heteroatoms. The van der Waals surface area contributed by atoms with Crippen molar-refractivity contribution in [2.75, 3.05) is 26.2 Å². The molecule has 2 fully saturated rings. The molecule has 0 amide bonds. The topological polar surface area (TPSA) is 66.6 Å². The van der Waals surface area contributed by atoms with Crippen molar-refractivity contribution in [3.05, 3.63) is 0 Å². The highest BCUT2D eigenvalue weighted by Crippen LogP contribution is 2.47. The number of nitrogens with zero attached hydrogens (tertiary/aromatic N) is 1. The highest BCUT2D eigenvalue weighted by atomic mass is 16.4. The maximum absolute atomic E-state index is 10.6. The van der Waals surface area contributed by atoms with Crippen molar-refractivity contribution >= 4 is 5.97 Å². The Balaban J connectivity index is 1.89. The van der Waals surface area contributed by atoms with Gasteiger partial charge < -0.3 is 10.8 Å². The first-order chi connectivity index (χ1) is 7.13. The summed E-state index contributed by atoms with van der Waals surface area (Å²) in [7, 11) is 0. The normalized spacial score (nSPS) is 36.5. The van der Waals surface area contributed by atoms with Gasteiger partial charge in [-0.25, -0.2) is 0 Å². The van der Waals surface area contributed by atoms with Crippen LogP contribution in [-0.2, 0) is 4.79 Å². The Labute approximate surface area is 90.4 Å². The van der Waals surface area contributed by atoms with E-state index in [9.17, 15) is 4.79 Å². The van der Waals surface area contributed by atoms with E-state index in [1.54, 1.807) is 0 Å². The molecular formula is C11H20N2O2. The van der Waals surface area contributed by atoms with Crippen LogP contribution in [0.4, 0.5) is 0 Å². The SMILES string of the molecule is NCC1CCC2(CCN(CC(=O)O)C2)C1. The molecule has 0 aromatic heterocycles. The van der Waals surface area contributed by atoms with Gasteiger partial charge in [0.2, 0.25) is 0 Å². The van der Waals surface area contributed by atoms with Crippen LogP contribution in [0, 0.1) is 11.3 Å². The second-order valence-corrected chi connectivity index (χ2v) is 5.20. The second kappa shape index (κ2) is 4.10. The van der Waals surface area contributed by atoms with Gasteiger partial charge in [0, 0.05) is 6.54 Å². The molecule has 4 nitrogen and oxygen atoms in total. The van der Waals surface area contributed by atoms with E-state index in [-0.39, 0.29) is 6.54 Å². The number of carbonyl (C=O) groups is 1. The van der Waals surface area contributed by atoms with Crippen LogP contribution in [0.25, 0.3) is 0 Å². The summed E-state index contributed by atoms with van der Waals surface area (Å²) in [6, 6.07) is 0. The molecule has 0 aromatic carbocycles. The summed E-state index contributed by atoms with van der Waals surface area (Å²) in [5.74, 6) is -0.0322. The molecule has 0 radical (unpaired) electrons. The fourth-order valence-corrected chi connectivity index (χ4v) is 3.25. The van der Waals surface area contributed by atoms with E-state index in [4.69, 9.17) is 10.8 Å². The van der Waals surface area contributed by atoms with Gasteiger partial charge in [0.05, 0.1) is 6.54 Å². The third kappa shape index (κ3) is 2.32. The smallest absolute Gasteiger partial charge is 0.317 e. The van der Waals surface area contributed by atoms with Gasteiger partial charge in [-0.2, -0.15) is 0 Å². The summed E-state index contributed by atoms with van der Waals surface area (Å²) >= 11 is 0. The molecule has 86 valence electrons. The van der Waals surface area contributed by atoms with Gasteiger partial charge in [-0.3, -0.25) is 9.69 Å². The molecular weight excluding hydrogens is 192 g/mol. The minimum absolute atomic E-state index is 0.203. The van der Waals surface area contributed by atoms with Crippen LogP contribution in [0.5, 0.6) is 0 Å². The van der Waals surface area contributed by atoms with Crippen LogP contribution >= 0.6 is 0 Å². The van der Waals surface area contributed by atoms with Crippen LogP contribution in [0.1, 0.15) is 25.7 Å². The molecule has 1 heterocycles. The van der Waals surface area contributed by atoms with E-state index >= 15 is 0 Å². The molecule has 2 aliphatic rings. The van der Waals surface area contributed by atoms with Gasteiger partial charge in [-0.05, 0) is 50.1 Å². The fourth-order valence-electron chi connectivity index (χ4n) is 3.25. The van der Waals surface area contributed by atoms with Crippen LogP contribution in [0.3, 0.4) is 0 Å². The zero-order valence-corrected chi connectivity index (χ0v) is 9.11. The molecule has 2 unspecified atom stereocenters. The standard InChI is InChI=1S/C11H20N2O2/c12-6-9-1-2-11(5-9)3-4-13(8-11)7-10(14)15/h9H,1-8,12H2,(H,14,15). The van der Waals surface area contributed by atoms with E-state index in [0.717, 1.165) is 26.1 Å². The van der Waals surface area contributed by atoms with Crippen molar-refractivity contribution in [1.82, 2.24) is 4.90 Å². The Hall–Kier alpha value is -0.610. The van der Waals surface area contributed by atoms with E-state index in [1.807, 2.05) is 0 Å². The molecule has 1 saturated heterocycles. The van der Waals surface area contributed by atoms with Crippen LogP contribution in [0.2, 0.25) is 0 Å². The Kier molecular flexibility index (Phi) is 2.98. The molecule has 3 N–H and O–H groups in total. The highest BCUT2D eigenvalue weighted by Gasteiger charge is 2.43. The Morgan fingerprint density at radius 1 is 1.53 bits per heavy atom. The number of nitrogens with two attached hydrogens (primary N) is 1. The molecule has 1 aliphatic heterocycles. The number of likely N-dealkylation sites (tertiary alicyclic amines) is 1. The summed E-state index contributed by atoms with van der Waals surface area (Å²) in [6.07, 6.45) is 4.85. The third-order valence-electron chi connectivity index (χ3n) is 4.01. The zero-order chi connectivity index (χ0) is 10.9. The van der Waals surface area contributed by atoms with Gasteiger partial charge in [0.1, 0.15) is 0 Å². The number of hydrogen-bond donors (Lipinski definition) is 2. The summed E-state index contributed by atoms with van der Waals surface area (Å²) in [5, 5.41) is 8.74. The summed E-state index contributed by atoms with van der Waals surface area (Å²) in [4.78, 5) is 12.7. The van der Waals surface area contributed by atoms with E-state index < -0.39 is 5.97 Å². The molecule has 15 heavy (non-hydrogen) atoms. The lowest BCUT2D eigenvalue weighted by molar-refractivity contribution is -0.138. The van der Waals surface area contributed by atoms with Crippen LogP contribution in [0.15, 0.2) is 0 Å². The monoisotopic (exact) mass is 212 g/mol. The molecule has 1 aliphatic carbocycles. The first kappa shape index (κ1) is 10.9. The van der Waals surface area contributed by atoms with Gasteiger partial charge in [-0.1, -0.05) is 0 Å². The van der Waals surface area contributed by atoms with Crippen molar-refractivity contribution in [2.45, 2.75) is 25.7 Å². The van der Waals surface area contributed by atoms with Gasteiger partial charge in [0.25, 0.3) is 0 Å². The van der Waals surface area contributed by atoms with Crippen molar-refractivity contribution in [3.8, 4) is 0 Å². The minimum Gasteiger partial charge on any atom is -0.480 e. The third-order valence-corrected chi connectivity index (χ3v) is 4.01. The Morgan fingerprint density at radius 3 is 2.93 bits per heavy atom. The van der Waals surface area contributed by atoms with E-state index in [2.05, 4.69) is 4.90 Å². The van der Waals surface area contributed by atoms with Crippen molar-refractivity contribution in [1.29, 1.82) is 0 Å². The Morgan fingerprint density at radius 2 is 2.33 bits per heavy atom. The average molecular weight is 212 g/mol. The van der Waals surface area contributed by atoms with Gasteiger partial charge in [0.15, 0.2) is 0 Å². The number of carboxylic acid groups (broad SMARTS) is 1. The van der Waals surface area contributed by atoms with Crippen LogP contribution < -0.4 is 5.73 Å². The summed E-state index contributed by atoms with van der Waals surface area (Å²) < 4.78 is 0. The number of hydrogen-bond acceptors (Lipinski definition) is 3. The number of rotatable bonds is 3. The lowest BCUT2D eigenvalue weighted by Gasteiger charge is -2.23. The number of aliphatic carboxylic acids is 1. The van der Waals surface area contributed by atoms with Crippen molar-refractivity contribution in [2.24, 2.45) is 17.1 Å².